The fraction of sp³-hybridized carbons (Fsp3) is 0.294. The molecular formula is C34H31F5N3O5-. The molecule has 0 amide bonds. The van der Waals surface area contributed by atoms with Crippen molar-refractivity contribution < 1.29 is 41.3 Å². The number of aromatic nitrogens is 1. The summed E-state index contributed by atoms with van der Waals surface area (Å²) in [6.07, 6.45) is -5.42. The molecule has 0 saturated carbocycles. The lowest BCUT2D eigenvalue weighted by Gasteiger charge is -2.28. The van der Waals surface area contributed by atoms with Crippen LogP contribution in [-0.2, 0) is 22.1 Å². The molecule has 2 unspecified atom stereocenters. The van der Waals surface area contributed by atoms with E-state index in [9.17, 15) is 27.9 Å². The highest BCUT2D eigenvalue weighted by Gasteiger charge is 2.38. The summed E-state index contributed by atoms with van der Waals surface area (Å²) in [5.41, 5.74) is -1.53. The Bertz CT molecular complexity index is 1830. The topological polar surface area (TPSA) is 105 Å². The van der Waals surface area contributed by atoms with Gasteiger partial charge in [0.05, 0.1) is 49.5 Å². The predicted octanol–water partition coefficient (Wildman–Crippen LogP) is 4.78. The molecule has 0 spiro atoms. The molecule has 13 heteroatoms. The van der Waals surface area contributed by atoms with Crippen molar-refractivity contribution >= 4 is 11.8 Å². The highest BCUT2D eigenvalue weighted by Crippen LogP contribution is 2.41. The molecule has 0 bridgehead atoms. The Morgan fingerprint density at radius 1 is 1.06 bits per heavy atom. The van der Waals surface area contributed by atoms with Gasteiger partial charge in [-0.15, -0.1) is 0 Å². The van der Waals surface area contributed by atoms with Gasteiger partial charge in [0.15, 0.2) is 11.6 Å². The molecule has 0 aliphatic carbocycles. The third-order valence-electron chi connectivity index (χ3n) is 8.20. The Balaban J connectivity index is 1.71. The summed E-state index contributed by atoms with van der Waals surface area (Å²) in [7, 11) is 1.26. The normalized spacial score (nSPS) is 14.8. The van der Waals surface area contributed by atoms with Crippen molar-refractivity contribution in [1.29, 1.82) is 0 Å². The van der Waals surface area contributed by atoms with E-state index in [-0.39, 0.29) is 53.5 Å². The van der Waals surface area contributed by atoms with E-state index in [2.05, 4.69) is 10.6 Å². The molecule has 0 saturated heterocycles. The summed E-state index contributed by atoms with van der Waals surface area (Å²) < 4.78 is 84.7. The molecule has 1 aliphatic rings. The maximum Gasteiger partial charge on any atom is 0.416 e. The summed E-state index contributed by atoms with van der Waals surface area (Å²) in [6, 6.07) is 14.6. The van der Waals surface area contributed by atoms with Crippen LogP contribution in [0, 0.1) is 18.6 Å². The van der Waals surface area contributed by atoms with Gasteiger partial charge in [-0.1, -0.05) is 48.5 Å². The molecule has 0 fully saturated rings. The van der Waals surface area contributed by atoms with Crippen molar-refractivity contribution in [2.24, 2.45) is 0 Å². The molecule has 47 heavy (non-hydrogen) atoms. The number of aliphatic carboxylic acids is 1. The van der Waals surface area contributed by atoms with Crippen LogP contribution in [0.5, 0.6) is 5.75 Å². The highest BCUT2D eigenvalue weighted by atomic mass is 19.4. The molecule has 1 aliphatic heterocycles. The van der Waals surface area contributed by atoms with Crippen LogP contribution >= 0.6 is 0 Å². The van der Waals surface area contributed by atoms with Gasteiger partial charge in [-0.2, -0.15) is 13.2 Å². The monoisotopic (exact) mass is 656 g/mol. The number of methoxy groups -OCH3 is 1. The minimum atomic E-state index is -4.86. The number of alkyl halides is 3. The molecule has 2 heterocycles. The average Bonchev–Trinajstić information content (AvgIpc) is 3.47. The number of nitrogens with zero attached hydrogens (tertiary/aromatic N) is 1. The fourth-order valence-electron chi connectivity index (χ4n) is 6.08. The van der Waals surface area contributed by atoms with Crippen molar-refractivity contribution in [1.82, 2.24) is 9.88 Å². The number of pyridine rings is 1. The lowest BCUT2D eigenvalue weighted by Crippen LogP contribution is -2.37. The van der Waals surface area contributed by atoms with E-state index in [1.165, 1.54) is 36.8 Å². The highest BCUT2D eigenvalue weighted by molar-refractivity contribution is 5.74. The first kappa shape index (κ1) is 33.6. The predicted molar refractivity (Wildman–Crippen MR) is 162 cm³/mol. The van der Waals surface area contributed by atoms with Crippen molar-refractivity contribution in [3.63, 3.8) is 0 Å². The summed E-state index contributed by atoms with van der Waals surface area (Å²) >= 11 is 0. The number of nitrogens with one attached hydrogen (secondary N) is 2. The zero-order valence-electron chi connectivity index (χ0n) is 25.4. The van der Waals surface area contributed by atoms with Gasteiger partial charge in [0.25, 0.3) is 5.56 Å². The number of rotatable bonds is 12. The second-order valence-electron chi connectivity index (χ2n) is 11.0. The Hall–Kier alpha value is -4.75. The number of hydrogen-bond donors (Lipinski definition) is 2. The first-order valence-electron chi connectivity index (χ1n) is 14.7. The maximum absolute atomic E-state index is 15.8. The molecular weight excluding hydrogens is 625 g/mol. The zero-order chi connectivity index (χ0) is 33.9. The van der Waals surface area contributed by atoms with Crippen molar-refractivity contribution in [3.8, 4) is 16.9 Å². The average molecular weight is 657 g/mol. The van der Waals surface area contributed by atoms with Crippen LogP contribution in [0.25, 0.3) is 11.1 Å². The van der Waals surface area contributed by atoms with Gasteiger partial charge in [0.1, 0.15) is 11.6 Å². The van der Waals surface area contributed by atoms with E-state index in [0.717, 1.165) is 23.8 Å². The van der Waals surface area contributed by atoms with E-state index in [1.807, 2.05) is 12.1 Å². The van der Waals surface area contributed by atoms with Crippen LogP contribution in [0.4, 0.5) is 27.8 Å². The zero-order valence-corrected chi connectivity index (χ0v) is 25.4. The number of anilines is 1. The Morgan fingerprint density at radius 3 is 2.47 bits per heavy atom. The number of halogens is 5. The molecule has 2 N–H and O–H groups in total. The number of hydrogen-bond acceptors (Lipinski definition) is 7. The molecule has 5 rings (SSSR count). The SMILES string of the molecule is COc1cccc(-c2c(C)c(Cc3c(F)cccc3C(F)(F)F)c3n(c2=O)C(C(NCCOCC(=O)[O-])c2ccccc2)CN3)c1F. The van der Waals surface area contributed by atoms with Crippen molar-refractivity contribution in [2.75, 3.05) is 38.7 Å². The number of benzene rings is 3. The number of carboxylic acid groups (broad SMARTS) is 1. The summed E-state index contributed by atoms with van der Waals surface area (Å²) in [5, 5.41) is 17.2. The number of carbonyl (C=O) groups excluding carboxylic acids is 1. The van der Waals surface area contributed by atoms with Crippen molar-refractivity contribution in [3.05, 3.63) is 117 Å². The second kappa shape index (κ2) is 13.9. The van der Waals surface area contributed by atoms with Crippen LogP contribution in [-0.4, -0.2) is 43.9 Å². The lowest BCUT2D eigenvalue weighted by atomic mass is 9.91. The standard InChI is InChI=1S/C34H32F5N3O5/c1-19-22(16-23-24(34(37,38)39)11-7-12-25(23)35)32-41-17-26(31(20-8-4-3-5-9-20)40-14-15-47-18-28(43)44)42(32)33(45)29(19)21-10-6-13-27(46-2)30(21)36/h3-13,26,31,40-41H,14-18H2,1-2H3,(H,43,44)/p-1. The fourth-order valence-corrected chi connectivity index (χ4v) is 6.08. The molecule has 4 aromatic rings. The molecule has 248 valence electrons. The third-order valence-corrected chi connectivity index (χ3v) is 8.20. The third kappa shape index (κ3) is 6.86. The largest absolute Gasteiger partial charge is 0.548 e. The Labute approximate surface area is 266 Å². The van der Waals surface area contributed by atoms with E-state index in [0.29, 0.717) is 0 Å². The smallest absolute Gasteiger partial charge is 0.416 e. The van der Waals surface area contributed by atoms with Gasteiger partial charge >= 0.3 is 6.18 Å². The minimum absolute atomic E-state index is 0.00780. The van der Waals surface area contributed by atoms with Gasteiger partial charge in [-0.3, -0.25) is 9.36 Å². The van der Waals surface area contributed by atoms with E-state index in [1.54, 1.807) is 18.2 Å². The van der Waals surface area contributed by atoms with Crippen LogP contribution in [0.1, 0.15) is 39.9 Å². The van der Waals surface area contributed by atoms with Crippen LogP contribution in [0.2, 0.25) is 0 Å². The Morgan fingerprint density at radius 2 is 1.79 bits per heavy atom. The van der Waals surface area contributed by atoms with Crippen LogP contribution in [0.15, 0.2) is 71.5 Å². The van der Waals surface area contributed by atoms with Gasteiger partial charge in [0.2, 0.25) is 0 Å². The summed E-state index contributed by atoms with van der Waals surface area (Å²) in [4.78, 5) is 25.2. The van der Waals surface area contributed by atoms with Crippen LogP contribution in [0.3, 0.4) is 0 Å². The maximum atomic E-state index is 15.8. The number of carboxylic acids is 1. The summed E-state index contributed by atoms with van der Waals surface area (Å²) in [6.45, 7) is 1.16. The van der Waals surface area contributed by atoms with Gasteiger partial charge < -0.3 is 30.0 Å². The van der Waals surface area contributed by atoms with Gasteiger partial charge in [-0.05, 0) is 36.2 Å². The Kier molecular flexibility index (Phi) is 9.96. The first-order valence-corrected chi connectivity index (χ1v) is 14.7. The first-order chi connectivity index (χ1) is 22.4. The number of carbonyl (C=O) groups is 1. The molecule has 8 nitrogen and oxygen atoms in total. The molecule has 1 aromatic heterocycles. The molecule has 0 radical (unpaired) electrons. The van der Waals surface area contributed by atoms with Crippen molar-refractivity contribution in [2.45, 2.75) is 31.6 Å². The van der Waals surface area contributed by atoms with Gasteiger partial charge in [0, 0.05) is 36.2 Å². The molecule has 3 aromatic carbocycles. The molecule has 2 atom stereocenters. The summed E-state index contributed by atoms with van der Waals surface area (Å²) in [5.74, 6) is -3.26. The quantitative estimate of drug-likeness (QED) is 0.167. The van der Waals surface area contributed by atoms with Gasteiger partial charge in [-0.25, -0.2) is 8.78 Å². The van der Waals surface area contributed by atoms with Crippen LogP contribution < -0.4 is 26.0 Å². The van der Waals surface area contributed by atoms with E-state index in [4.69, 9.17) is 9.47 Å². The van der Waals surface area contributed by atoms with E-state index < -0.39 is 65.6 Å². The van der Waals surface area contributed by atoms with E-state index >= 15 is 8.78 Å². The lowest BCUT2D eigenvalue weighted by molar-refractivity contribution is -0.309. The second-order valence-corrected chi connectivity index (χ2v) is 11.0. The number of ether oxygens (including phenoxy) is 2. The minimum Gasteiger partial charge on any atom is -0.548 e. The number of fused-ring (bicyclic) bond motifs is 1.